The number of rotatable bonds is 2. The molecule has 84 valence electrons. The van der Waals surface area contributed by atoms with E-state index in [4.69, 9.17) is 0 Å². The van der Waals surface area contributed by atoms with Crippen molar-refractivity contribution in [3.8, 4) is 0 Å². The van der Waals surface area contributed by atoms with Crippen molar-refractivity contribution in [2.45, 2.75) is 12.5 Å². The summed E-state index contributed by atoms with van der Waals surface area (Å²) in [4.78, 5) is 0. The normalized spacial score (nSPS) is 14.8. The molecule has 0 radical (unpaired) electrons. The molecule has 0 saturated heterocycles. The van der Waals surface area contributed by atoms with Crippen LogP contribution in [0.4, 0.5) is 0 Å². The molecule has 2 aromatic rings. The molecule has 0 amide bonds. The summed E-state index contributed by atoms with van der Waals surface area (Å²) in [5.74, 6) is 0. The van der Waals surface area contributed by atoms with Crippen LogP contribution in [0, 0.1) is 0 Å². The first-order valence-corrected chi connectivity index (χ1v) is 5.77. The van der Waals surface area contributed by atoms with Gasteiger partial charge in [-0.15, -0.1) is 0 Å². The van der Waals surface area contributed by atoms with E-state index >= 15 is 0 Å². The molecule has 16 heavy (non-hydrogen) atoms. The van der Waals surface area contributed by atoms with E-state index in [0.29, 0.717) is 0 Å². The summed E-state index contributed by atoms with van der Waals surface area (Å²) in [5, 5.41) is 14.6. The molecule has 4 heteroatoms. The van der Waals surface area contributed by atoms with Crippen molar-refractivity contribution in [3.05, 3.63) is 52.3 Å². The van der Waals surface area contributed by atoms with E-state index in [1.54, 1.807) is 17.8 Å². The fourth-order valence-electron chi connectivity index (χ4n) is 1.68. The molecule has 0 aliphatic carbocycles. The number of hydrogen-bond acceptors (Lipinski definition) is 2. The summed E-state index contributed by atoms with van der Waals surface area (Å²) in [6.07, 6.45) is 3.50. The molecule has 1 heterocycles. The highest BCUT2D eigenvalue weighted by Crippen LogP contribution is 2.33. The Morgan fingerprint density at radius 1 is 1.38 bits per heavy atom. The van der Waals surface area contributed by atoms with Crippen LogP contribution in [0.5, 0.6) is 0 Å². The van der Waals surface area contributed by atoms with Crippen molar-refractivity contribution in [3.63, 3.8) is 0 Å². The maximum Gasteiger partial charge on any atom is 0.116 e. The van der Waals surface area contributed by atoms with Gasteiger partial charge in [-0.3, -0.25) is 4.68 Å². The zero-order valence-corrected chi connectivity index (χ0v) is 10.8. The quantitative estimate of drug-likeness (QED) is 0.918. The second-order valence-electron chi connectivity index (χ2n) is 3.95. The van der Waals surface area contributed by atoms with Crippen LogP contribution >= 0.6 is 15.9 Å². The molecular weight excluding hydrogens is 268 g/mol. The second-order valence-corrected chi connectivity index (χ2v) is 4.81. The number of halogens is 1. The highest BCUT2D eigenvalue weighted by molar-refractivity contribution is 9.10. The van der Waals surface area contributed by atoms with Crippen molar-refractivity contribution in [1.82, 2.24) is 9.78 Å². The Morgan fingerprint density at radius 3 is 2.62 bits per heavy atom. The molecule has 3 nitrogen and oxygen atoms in total. The number of aromatic nitrogens is 2. The maximum absolute atomic E-state index is 10.6. The minimum atomic E-state index is -1.03. The predicted molar refractivity (Wildman–Crippen MR) is 66.0 cm³/mol. The first-order chi connectivity index (χ1) is 7.51. The molecule has 0 aliphatic rings. The molecule has 0 saturated carbocycles. The summed E-state index contributed by atoms with van der Waals surface area (Å²) < 4.78 is 2.57. The van der Waals surface area contributed by atoms with Gasteiger partial charge in [-0.1, -0.05) is 34.1 Å². The molecule has 1 aromatic heterocycles. The van der Waals surface area contributed by atoms with Crippen molar-refractivity contribution < 1.29 is 5.11 Å². The van der Waals surface area contributed by atoms with Gasteiger partial charge in [0.2, 0.25) is 0 Å². The van der Waals surface area contributed by atoms with E-state index in [0.717, 1.165) is 15.6 Å². The van der Waals surface area contributed by atoms with Gasteiger partial charge in [0, 0.05) is 28.8 Å². The molecule has 2 rings (SSSR count). The predicted octanol–water partition coefficient (Wildman–Crippen LogP) is 2.44. The fourth-order valence-corrected chi connectivity index (χ4v) is 2.35. The second kappa shape index (κ2) is 4.03. The van der Waals surface area contributed by atoms with Gasteiger partial charge >= 0.3 is 0 Å². The number of aliphatic hydroxyl groups is 1. The van der Waals surface area contributed by atoms with Crippen LogP contribution in [0.2, 0.25) is 0 Å². The molecule has 0 fully saturated rings. The Morgan fingerprint density at radius 2 is 2.06 bits per heavy atom. The Balaban J connectivity index is 2.50. The molecule has 0 spiro atoms. The van der Waals surface area contributed by atoms with E-state index in [1.807, 2.05) is 37.5 Å². The molecule has 1 atom stereocenters. The summed E-state index contributed by atoms with van der Waals surface area (Å²) in [6.45, 7) is 1.77. The Hall–Kier alpha value is -1.13. The van der Waals surface area contributed by atoms with Crippen LogP contribution in [0.15, 0.2) is 41.1 Å². The molecule has 0 aliphatic heterocycles. The lowest BCUT2D eigenvalue weighted by Gasteiger charge is -2.23. The van der Waals surface area contributed by atoms with Gasteiger partial charge in [0.25, 0.3) is 0 Å². The van der Waals surface area contributed by atoms with Crippen molar-refractivity contribution >= 4 is 15.9 Å². The summed E-state index contributed by atoms with van der Waals surface area (Å²) in [7, 11) is 1.83. The standard InChI is InChI=1S/C12H13BrN2O/c1-12(16,9-7-14-15(2)8-9)10-5-3-4-6-11(10)13/h3-8,16H,1-2H3. The highest BCUT2D eigenvalue weighted by Gasteiger charge is 2.28. The monoisotopic (exact) mass is 280 g/mol. The van der Waals surface area contributed by atoms with Crippen molar-refractivity contribution in [1.29, 1.82) is 0 Å². The first kappa shape index (κ1) is 11.4. The lowest BCUT2D eigenvalue weighted by molar-refractivity contribution is 0.101. The van der Waals surface area contributed by atoms with E-state index in [-0.39, 0.29) is 0 Å². The maximum atomic E-state index is 10.6. The number of benzene rings is 1. The number of aryl methyl sites for hydroxylation is 1. The minimum Gasteiger partial charge on any atom is -0.381 e. The molecule has 0 bridgehead atoms. The molecule has 1 aromatic carbocycles. The van der Waals surface area contributed by atoms with Crippen LogP contribution in [0.25, 0.3) is 0 Å². The summed E-state index contributed by atoms with van der Waals surface area (Å²) in [5.41, 5.74) is 0.582. The average Bonchev–Trinajstić information content (AvgIpc) is 2.66. The smallest absolute Gasteiger partial charge is 0.116 e. The SMILES string of the molecule is Cn1cc(C(C)(O)c2ccccc2Br)cn1. The third kappa shape index (κ3) is 1.90. The lowest BCUT2D eigenvalue weighted by Crippen LogP contribution is -2.22. The molecular formula is C12H13BrN2O. The number of hydrogen-bond donors (Lipinski definition) is 1. The van der Waals surface area contributed by atoms with Crippen LogP contribution < -0.4 is 0 Å². The van der Waals surface area contributed by atoms with Gasteiger partial charge in [-0.2, -0.15) is 5.10 Å². The van der Waals surface area contributed by atoms with Gasteiger partial charge in [-0.05, 0) is 13.0 Å². The Kier molecular flexibility index (Phi) is 2.86. The van der Waals surface area contributed by atoms with Gasteiger partial charge < -0.3 is 5.11 Å². The Bertz CT molecular complexity index is 505. The first-order valence-electron chi connectivity index (χ1n) is 4.98. The largest absolute Gasteiger partial charge is 0.381 e. The molecule has 1 unspecified atom stereocenters. The third-order valence-electron chi connectivity index (χ3n) is 2.67. The van der Waals surface area contributed by atoms with Crippen LogP contribution in [0.1, 0.15) is 18.1 Å². The third-order valence-corrected chi connectivity index (χ3v) is 3.36. The topological polar surface area (TPSA) is 38.0 Å². The van der Waals surface area contributed by atoms with E-state index in [1.165, 1.54) is 0 Å². The van der Waals surface area contributed by atoms with E-state index < -0.39 is 5.60 Å². The summed E-state index contributed by atoms with van der Waals surface area (Å²) >= 11 is 3.45. The van der Waals surface area contributed by atoms with Gasteiger partial charge in [0.05, 0.1) is 6.20 Å². The van der Waals surface area contributed by atoms with Crippen LogP contribution in [-0.2, 0) is 12.6 Å². The Labute approximate surface area is 103 Å². The molecule has 1 N–H and O–H groups in total. The number of nitrogens with zero attached hydrogens (tertiary/aromatic N) is 2. The van der Waals surface area contributed by atoms with Crippen LogP contribution in [-0.4, -0.2) is 14.9 Å². The van der Waals surface area contributed by atoms with E-state index in [2.05, 4.69) is 21.0 Å². The summed E-state index contributed by atoms with van der Waals surface area (Å²) in [6, 6.07) is 7.65. The van der Waals surface area contributed by atoms with Crippen molar-refractivity contribution in [2.75, 3.05) is 0 Å². The van der Waals surface area contributed by atoms with E-state index in [9.17, 15) is 5.11 Å². The van der Waals surface area contributed by atoms with Gasteiger partial charge in [0.1, 0.15) is 5.60 Å². The zero-order chi connectivity index (χ0) is 11.8. The van der Waals surface area contributed by atoms with Crippen LogP contribution in [0.3, 0.4) is 0 Å². The highest BCUT2D eigenvalue weighted by atomic mass is 79.9. The lowest BCUT2D eigenvalue weighted by atomic mass is 9.90. The average molecular weight is 281 g/mol. The van der Waals surface area contributed by atoms with Gasteiger partial charge in [0.15, 0.2) is 0 Å². The van der Waals surface area contributed by atoms with Gasteiger partial charge in [-0.25, -0.2) is 0 Å². The fraction of sp³-hybridized carbons (Fsp3) is 0.250. The minimum absolute atomic E-state index is 0.780. The zero-order valence-electron chi connectivity index (χ0n) is 9.18. The van der Waals surface area contributed by atoms with Crippen molar-refractivity contribution in [2.24, 2.45) is 7.05 Å².